The average Bonchev–Trinajstić information content (AvgIpc) is 2.79. The van der Waals surface area contributed by atoms with Gasteiger partial charge in [-0.15, -0.1) is 0 Å². The number of allylic oxidation sites excluding steroid dienone is 1. The lowest BCUT2D eigenvalue weighted by Crippen LogP contribution is -2.32. The van der Waals surface area contributed by atoms with Crippen LogP contribution >= 0.6 is 0 Å². The number of benzene rings is 1. The molecule has 3 heteroatoms. The zero-order valence-electron chi connectivity index (χ0n) is 18.8. The van der Waals surface area contributed by atoms with Gasteiger partial charge in [0.2, 0.25) is 0 Å². The van der Waals surface area contributed by atoms with Crippen LogP contribution in [0, 0.1) is 0 Å². The summed E-state index contributed by atoms with van der Waals surface area (Å²) in [6.07, 6.45) is 21.2. The molecule has 0 spiro atoms. The number of unbranched alkanes of at least 4 members (excludes halogenated alkanes) is 9. The van der Waals surface area contributed by atoms with E-state index in [0.29, 0.717) is 11.3 Å². The van der Waals surface area contributed by atoms with Crippen LogP contribution < -0.4 is 9.30 Å². The van der Waals surface area contributed by atoms with Gasteiger partial charge in [0.15, 0.2) is 18.2 Å². The summed E-state index contributed by atoms with van der Waals surface area (Å²) in [7, 11) is 1.59. The van der Waals surface area contributed by atoms with Gasteiger partial charge in [0.25, 0.3) is 0 Å². The molecular formula is C27H38NO2+. The van der Waals surface area contributed by atoms with Crippen LogP contribution in [0.5, 0.6) is 5.75 Å². The number of ketones is 1. The van der Waals surface area contributed by atoms with Crippen LogP contribution in [0.2, 0.25) is 0 Å². The number of hydrogen-bond donors (Lipinski definition) is 0. The molecule has 0 aliphatic rings. The summed E-state index contributed by atoms with van der Waals surface area (Å²) in [5, 5.41) is 0. The van der Waals surface area contributed by atoms with Crippen LogP contribution in [0.3, 0.4) is 0 Å². The van der Waals surface area contributed by atoms with Crippen LogP contribution in [0.15, 0.2) is 54.9 Å². The first-order valence-electron chi connectivity index (χ1n) is 11.6. The number of aromatic nitrogens is 1. The lowest BCUT2D eigenvalue weighted by Gasteiger charge is -2.04. The van der Waals surface area contributed by atoms with Crippen LogP contribution in [0.25, 0.3) is 6.08 Å². The predicted molar refractivity (Wildman–Crippen MR) is 125 cm³/mol. The maximum absolute atomic E-state index is 12.5. The molecular weight excluding hydrogens is 370 g/mol. The molecule has 162 valence electrons. The highest BCUT2D eigenvalue weighted by Crippen LogP contribution is 2.18. The maximum atomic E-state index is 12.5. The Morgan fingerprint density at radius 2 is 1.57 bits per heavy atom. The van der Waals surface area contributed by atoms with Crippen molar-refractivity contribution in [3.63, 3.8) is 0 Å². The number of aryl methyl sites for hydroxylation is 1. The summed E-state index contributed by atoms with van der Waals surface area (Å²) in [5.41, 5.74) is 1.62. The average molecular weight is 409 g/mol. The Morgan fingerprint density at radius 1 is 0.900 bits per heavy atom. The summed E-state index contributed by atoms with van der Waals surface area (Å²) >= 11 is 0. The first-order valence-corrected chi connectivity index (χ1v) is 11.6. The van der Waals surface area contributed by atoms with Crippen molar-refractivity contribution < 1.29 is 14.1 Å². The summed E-state index contributed by atoms with van der Waals surface area (Å²) < 4.78 is 7.50. The topological polar surface area (TPSA) is 30.2 Å². The molecule has 1 aromatic carbocycles. The van der Waals surface area contributed by atoms with E-state index in [1.807, 2.05) is 36.4 Å². The van der Waals surface area contributed by atoms with Crippen LogP contribution in [-0.2, 0) is 6.54 Å². The number of hydrogen-bond acceptors (Lipinski definition) is 2. The Labute approximate surface area is 182 Å². The summed E-state index contributed by atoms with van der Waals surface area (Å²) in [5.74, 6) is 0.564. The summed E-state index contributed by atoms with van der Waals surface area (Å²) in [6.45, 7) is 3.30. The van der Waals surface area contributed by atoms with Gasteiger partial charge in [0.05, 0.1) is 12.7 Å². The minimum atomic E-state index is -0.0439. The third-order valence-corrected chi connectivity index (χ3v) is 5.45. The molecule has 0 fully saturated rings. The molecule has 0 bridgehead atoms. The summed E-state index contributed by atoms with van der Waals surface area (Å²) in [4.78, 5) is 12.5. The number of rotatable bonds is 15. The Hall–Kier alpha value is -2.42. The van der Waals surface area contributed by atoms with Crippen LogP contribution in [0.1, 0.15) is 87.1 Å². The fourth-order valence-corrected chi connectivity index (χ4v) is 3.67. The zero-order chi connectivity index (χ0) is 21.4. The molecule has 0 unspecified atom stereocenters. The highest BCUT2D eigenvalue weighted by Gasteiger charge is 2.08. The molecule has 30 heavy (non-hydrogen) atoms. The van der Waals surface area contributed by atoms with Crippen molar-refractivity contribution in [1.82, 2.24) is 0 Å². The van der Waals surface area contributed by atoms with E-state index >= 15 is 0 Å². The quantitative estimate of drug-likeness (QED) is 0.140. The second-order valence-corrected chi connectivity index (χ2v) is 7.95. The molecule has 0 N–H and O–H groups in total. The molecule has 0 saturated heterocycles. The predicted octanol–water partition coefficient (Wildman–Crippen LogP) is 6.80. The van der Waals surface area contributed by atoms with Gasteiger partial charge in [-0.05, 0) is 36.8 Å². The lowest BCUT2D eigenvalue weighted by molar-refractivity contribution is -0.697. The second-order valence-electron chi connectivity index (χ2n) is 7.95. The third kappa shape index (κ3) is 8.94. The van der Waals surface area contributed by atoms with E-state index in [1.54, 1.807) is 19.3 Å². The van der Waals surface area contributed by atoms with E-state index in [0.717, 1.165) is 12.1 Å². The molecule has 3 nitrogen and oxygen atoms in total. The number of nitrogens with zero attached hydrogens (tertiary/aromatic N) is 1. The van der Waals surface area contributed by atoms with Gasteiger partial charge in [-0.1, -0.05) is 70.4 Å². The normalized spacial score (nSPS) is 11.1. The van der Waals surface area contributed by atoms with E-state index in [-0.39, 0.29) is 5.78 Å². The van der Waals surface area contributed by atoms with Gasteiger partial charge in [-0.2, -0.15) is 0 Å². The number of para-hydroxylation sites is 1. The van der Waals surface area contributed by atoms with E-state index < -0.39 is 0 Å². The minimum absolute atomic E-state index is 0.0439. The van der Waals surface area contributed by atoms with Gasteiger partial charge in [0, 0.05) is 18.1 Å². The number of pyridine rings is 1. The SMILES string of the molecule is CCCCCCCCCCCC[n+]1cccc(/C=C/C(=O)c2ccccc2OC)c1. The van der Waals surface area contributed by atoms with Gasteiger partial charge < -0.3 is 4.74 Å². The molecule has 0 amide bonds. The van der Waals surface area contributed by atoms with Crippen molar-refractivity contribution in [2.24, 2.45) is 0 Å². The fourth-order valence-electron chi connectivity index (χ4n) is 3.67. The number of carbonyl (C=O) groups is 1. The third-order valence-electron chi connectivity index (χ3n) is 5.45. The van der Waals surface area contributed by atoms with E-state index in [4.69, 9.17) is 4.74 Å². The lowest BCUT2D eigenvalue weighted by atomic mass is 10.1. The van der Waals surface area contributed by atoms with E-state index in [9.17, 15) is 4.79 Å². The molecule has 1 heterocycles. The van der Waals surface area contributed by atoms with Gasteiger partial charge in [0.1, 0.15) is 12.3 Å². The zero-order valence-corrected chi connectivity index (χ0v) is 18.8. The summed E-state index contributed by atoms with van der Waals surface area (Å²) in [6, 6.07) is 11.4. The van der Waals surface area contributed by atoms with Gasteiger partial charge in [-0.25, -0.2) is 4.57 Å². The Kier molecular flexibility index (Phi) is 11.6. The van der Waals surface area contributed by atoms with Crippen molar-refractivity contribution >= 4 is 11.9 Å². The fraction of sp³-hybridized carbons (Fsp3) is 0.481. The Bertz CT molecular complexity index is 782. The van der Waals surface area contributed by atoms with Crippen LogP contribution in [-0.4, -0.2) is 12.9 Å². The molecule has 2 rings (SSSR count). The first-order chi connectivity index (χ1) is 14.7. The molecule has 1 aromatic heterocycles. The number of carbonyl (C=O) groups excluding carboxylic acids is 1. The highest BCUT2D eigenvalue weighted by atomic mass is 16.5. The number of ether oxygens (including phenoxy) is 1. The monoisotopic (exact) mass is 408 g/mol. The van der Waals surface area contributed by atoms with E-state index in [1.165, 1.54) is 64.2 Å². The van der Waals surface area contributed by atoms with Crippen molar-refractivity contribution in [3.05, 3.63) is 66.0 Å². The van der Waals surface area contributed by atoms with Crippen molar-refractivity contribution in [3.8, 4) is 5.75 Å². The van der Waals surface area contributed by atoms with Crippen molar-refractivity contribution in [2.75, 3.05) is 7.11 Å². The molecule has 0 aliphatic carbocycles. The van der Waals surface area contributed by atoms with Crippen LogP contribution in [0.4, 0.5) is 0 Å². The van der Waals surface area contributed by atoms with Crippen molar-refractivity contribution in [2.45, 2.75) is 77.7 Å². The molecule has 0 saturated carbocycles. The smallest absolute Gasteiger partial charge is 0.189 e. The van der Waals surface area contributed by atoms with Crippen molar-refractivity contribution in [1.29, 1.82) is 0 Å². The van der Waals surface area contributed by atoms with Gasteiger partial charge >= 0.3 is 0 Å². The standard InChI is InChI=1S/C27H38NO2/c1-3-4-5-6-7-8-9-10-11-14-21-28-22-15-16-24(23-28)19-20-26(29)25-17-12-13-18-27(25)30-2/h12-13,15-20,22-23H,3-11,14,21H2,1-2H3/q+1/b20-19+. The minimum Gasteiger partial charge on any atom is -0.496 e. The largest absolute Gasteiger partial charge is 0.496 e. The van der Waals surface area contributed by atoms with E-state index in [2.05, 4.69) is 23.9 Å². The Morgan fingerprint density at radius 3 is 2.27 bits per heavy atom. The van der Waals surface area contributed by atoms with Gasteiger partial charge in [-0.3, -0.25) is 4.79 Å². The molecule has 0 aliphatic heterocycles. The second kappa shape index (κ2) is 14.5. The molecule has 2 aromatic rings. The molecule has 0 atom stereocenters. The first kappa shape index (κ1) is 23.9. The Balaban J connectivity index is 1.72. The molecule has 0 radical (unpaired) electrons. The number of methoxy groups -OCH3 is 1. The maximum Gasteiger partial charge on any atom is 0.189 e. The highest BCUT2D eigenvalue weighted by molar-refractivity contribution is 6.08.